The predicted octanol–water partition coefficient (Wildman–Crippen LogP) is 20.3. The first-order valence-electron chi connectivity index (χ1n) is 40.6. The number of aryl methyl sites for hydroxylation is 2. The van der Waals surface area contributed by atoms with Crippen LogP contribution in [0.1, 0.15) is 138 Å². The summed E-state index contributed by atoms with van der Waals surface area (Å²) < 4.78 is 71.3. The van der Waals surface area contributed by atoms with Gasteiger partial charge in [0.05, 0.1) is 79.6 Å². The molecule has 0 bridgehead atoms. The number of fused-ring (bicyclic) bond motifs is 5. The molecule has 0 radical (unpaired) electrons. The van der Waals surface area contributed by atoms with E-state index in [1.165, 1.54) is 0 Å². The predicted molar refractivity (Wildman–Crippen MR) is 463 cm³/mol. The number of para-hydroxylation sites is 1. The molecule has 1 atom stereocenters. The van der Waals surface area contributed by atoms with Crippen LogP contribution < -0.4 is 45.3 Å². The van der Waals surface area contributed by atoms with Crippen molar-refractivity contribution in [1.29, 1.82) is 0 Å². The fourth-order valence-corrected chi connectivity index (χ4v) is 13.3. The summed E-state index contributed by atoms with van der Waals surface area (Å²) in [5, 5.41) is 4.59. The summed E-state index contributed by atoms with van der Waals surface area (Å²) >= 11 is 0. The van der Waals surface area contributed by atoms with Gasteiger partial charge in [-0.25, -0.2) is 38.4 Å². The number of ether oxygens (including phenoxy) is 10. The maximum atomic E-state index is 12.9. The molecule has 1 fully saturated rings. The molecule has 12 aromatic rings. The van der Waals surface area contributed by atoms with Crippen molar-refractivity contribution in [3.8, 4) is 67.9 Å². The fraction of sp³-hybridized carbons (Fsp3) is 0.240. The molecule has 4 heterocycles. The van der Waals surface area contributed by atoms with E-state index in [-0.39, 0.29) is 17.2 Å². The first-order chi connectivity index (χ1) is 59.0. The van der Waals surface area contributed by atoms with Crippen LogP contribution in [0.4, 0.5) is 0 Å². The van der Waals surface area contributed by atoms with Crippen molar-refractivity contribution in [3.63, 3.8) is 0 Å². The highest BCUT2D eigenvalue weighted by Crippen LogP contribution is 2.32. The minimum absolute atomic E-state index is 0.317. The van der Waals surface area contributed by atoms with Crippen LogP contribution in [0.5, 0.6) is 34.5 Å². The van der Waals surface area contributed by atoms with Gasteiger partial charge in [-0.1, -0.05) is 123 Å². The van der Waals surface area contributed by atoms with Crippen molar-refractivity contribution in [1.82, 2.24) is 0 Å². The Morgan fingerprint density at radius 3 is 1.30 bits per heavy atom. The standard InChI is InChI=1S/C36H32O7.C35H34O7.C29H26O7/c1-24(2)34(37)41-20-8-4-3-7-19-40-31-18-15-26-21-29(12-11-27(26)22-31)35(38)42-30-16-13-25(14-17-30)32-23-28-9-5-6-10-33(28)43-36(32)39;36-34(41-29-14-11-24(12-15-29)32-21-27-7-3-4-8-33(27)42-35(32)37)28-10-9-26-20-30(16-13-25(26)19-28)39-18-6-2-1-5-17-38-22-31-23-40-31;1-2-27(30)34-18-6-5-17-33-23-13-11-21(12-14-23)28(31)35-24-15-9-20(10-16-24)25-19-22-7-3-4-8-26(22)36-29(25)32/h5-6,9-18,21-23H,1,3-4,7-8,19-20H2,2H3;3,7,9-16,19-21,31H,1-2,4-6,8,17-18,22-23H2;2-3,7,9-16,19H,1,4-6,8,17-18H2. The lowest BCUT2D eigenvalue weighted by atomic mass is 10.00. The highest BCUT2D eigenvalue weighted by atomic mass is 16.6. The number of carbonyl (C=O) groups is 5. The Morgan fingerprint density at radius 2 is 0.802 bits per heavy atom. The fourth-order valence-electron chi connectivity index (χ4n) is 13.3. The van der Waals surface area contributed by atoms with E-state index in [0.29, 0.717) is 142 Å². The minimum Gasteiger partial charge on any atom is -0.494 e. The van der Waals surface area contributed by atoms with Crippen molar-refractivity contribution in [3.05, 3.63) is 320 Å². The Labute approximate surface area is 699 Å². The molecule has 0 spiro atoms. The zero-order valence-electron chi connectivity index (χ0n) is 67.2. The summed E-state index contributed by atoms with van der Waals surface area (Å²) in [5.41, 5.74) is 6.32. The Balaban J connectivity index is 0.000000157. The van der Waals surface area contributed by atoms with E-state index in [9.17, 15) is 38.4 Å². The molecular weight excluding hydrogens is 1540 g/mol. The number of epoxide rings is 1. The van der Waals surface area contributed by atoms with Crippen molar-refractivity contribution in [2.24, 2.45) is 0 Å². The SMILES string of the molecule is C=C(C)C(=O)OCCCCCCOc1ccc2cc(C(=O)Oc3ccc(-c4cc5ccccc5oc4=O)cc3)ccc2c1.C=CC(=O)OCCCCOc1ccc(C(=O)Oc2ccc(-c3cc4c(oc3=O)CCC=C4)cc2)cc1.O=C(Oc1ccc(-c2cc3c(oc2=O)CCC=C3)cc1)c1ccc2cc(OCCCCCCOCC3CO3)ccc2c1. The van der Waals surface area contributed by atoms with Gasteiger partial charge in [-0.3, -0.25) is 0 Å². The van der Waals surface area contributed by atoms with Gasteiger partial charge >= 0.3 is 46.7 Å². The number of unbranched alkanes of at least 4 members (excludes halogenated alkanes) is 7. The number of benzene rings is 9. The minimum atomic E-state index is -0.503. The van der Waals surface area contributed by atoms with Crippen LogP contribution in [0.25, 0.3) is 78.0 Å². The zero-order valence-corrected chi connectivity index (χ0v) is 67.2. The molecule has 1 saturated heterocycles. The lowest BCUT2D eigenvalue weighted by Gasteiger charge is -2.11. The summed E-state index contributed by atoms with van der Waals surface area (Å²) in [5.74, 6) is 2.55. The molecule has 15 rings (SSSR count). The van der Waals surface area contributed by atoms with E-state index in [2.05, 4.69) is 25.3 Å². The lowest BCUT2D eigenvalue weighted by Crippen LogP contribution is -2.09. The lowest BCUT2D eigenvalue weighted by molar-refractivity contribution is -0.139. The molecule has 0 saturated carbocycles. The van der Waals surface area contributed by atoms with Gasteiger partial charge in [-0.05, 0) is 249 Å². The second-order valence-corrected chi connectivity index (χ2v) is 29.1. The number of rotatable bonds is 35. The molecule has 121 heavy (non-hydrogen) atoms. The second kappa shape index (κ2) is 42.6. The van der Waals surface area contributed by atoms with E-state index in [0.717, 1.165) is 158 Å². The molecule has 1 unspecified atom stereocenters. The van der Waals surface area contributed by atoms with E-state index in [4.69, 9.17) is 60.6 Å². The monoisotopic (exact) mass is 1630 g/mol. The molecule has 2 aliphatic carbocycles. The van der Waals surface area contributed by atoms with E-state index in [1.807, 2.05) is 97.1 Å². The third-order valence-corrected chi connectivity index (χ3v) is 20.0. The largest absolute Gasteiger partial charge is 0.494 e. The van der Waals surface area contributed by atoms with Crippen LogP contribution in [-0.2, 0) is 41.4 Å². The maximum Gasteiger partial charge on any atom is 0.344 e. The third kappa shape index (κ3) is 24.7. The van der Waals surface area contributed by atoms with Crippen LogP contribution in [0, 0.1) is 0 Å². The summed E-state index contributed by atoms with van der Waals surface area (Å²) in [4.78, 5) is 98.0. The van der Waals surface area contributed by atoms with Gasteiger partial charge in [0, 0.05) is 47.6 Å². The molecule has 3 aliphatic rings. The molecule has 21 nitrogen and oxygen atoms in total. The van der Waals surface area contributed by atoms with E-state index >= 15 is 0 Å². The van der Waals surface area contributed by atoms with Gasteiger partial charge in [-0.2, -0.15) is 0 Å². The Kier molecular flexibility index (Phi) is 30.0. The number of hydrogen-bond donors (Lipinski definition) is 0. The topological polar surface area (TPSA) is 272 Å². The highest BCUT2D eigenvalue weighted by Gasteiger charge is 2.23. The van der Waals surface area contributed by atoms with Crippen LogP contribution in [0.3, 0.4) is 0 Å². The summed E-state index contributed by atoms with van der Waals surface area (Å²) in [6, 6.07) is 62.4. The van der Waals surface area contributed by atoms with E-state index in [1.54, 1.807) is 134 Å². The maximum absolute atomic E-state index is 12.9. The van der Waals surface area contributed by atoms with Crippen LogP contribution in [0.15, 0.2) is 277 Å². The zero-order chi connectivity index (χ0) is 84.2. The molecule has 0 N–H and O–H groups in total. The van der Waals surface area contributed by atoms with Crippen LogP contribution >= 0.6 is 0 Å². The molecule has 1 aliphatic heterocycles. The van der Waals surface area contributed by atoms with Gasteiger partial charge < -0.3 is 60.6 Å². The van der Waals surface area contributed by atoms with Crippen molar-refractivity contribution in [2.45, 2.75) is 103 Å². The Hall–Kier alpha value is -13.8. The van der Waals surface area contributed by atoms with Gasteiger partial charge in [0.25, 0.3) is 0 Å². The van der Waals surface area contributed by atoms with E-state index < -0.39 is 29.5 Å². The summed E-state index contributed by atoms with van der Waals surface area (Å²) in [7, 11) is 0. The quantitative estimate of drug-likeness (QED) is 0.00891. The molecule has 21 heteroatoms. The van der Waals surface area contributed by atoms with Gasteiger partial charge in [0.1, 0.15) is 57.7 Å². The van der Waals surface area contributed by atoms with Crippen LogP contribution in [-0.4, -0.2) is 88.8 Å². The smallest absolute Gasteiger partial charge is 0.344 e. The van der Waals surface area contributed by atoms with Crippen molar-refractivity contribution >= 4 is 74.5 Å². The normalized spacial score (nSPS) is 12.8. The second-order valence-electron chi connectivity index (χ2n) is 29.1. The van der Waals surface area contributed by atoms with Crippen LogP contribution in [0.2, 0.25) is 0 Å². The Bertz CT molecular complexity index is 5920. The first-order valence-corrected chi connectivity index (χ1v) is 40.6. The number of allylic oxidation sites excluding steroid dienone is 2. The summed E-state index contributed by atoms with van der Waals surface area (Å²) in [6.07, 6.45) is 22.0. The van der Waals surface area contributed by atoms with Gasteiger partial charge in [0.15, 0.2) is 0 Å². The molecule has 3 aromatic heterocycles. The third-order valence-electron chi connectivity index (χ3n) is 20.0. The first kappa shape index (κ1) is 85.1. The highest BCUT2D eigenvalue weighted by molar-refractivity contribution is 5.98. The molecular formula is C100H92O21. The molecule has 9 aromatic carbocycles. The average Bonchev–Trinajstić information content (AvgIpc) is 1.75. The van der Waals surface area contributed by atoms with Crippen molar-refractivity contribution < 1.29 is 84.6 Å². The Morgan fingerprint density at radius 1 is 0.405 bits per heavy atom. The molecule has 618 valence electrons. The van der Waals surface area contributed by atoms with Gasteiger partial charge in [-0.15, -0.1) is 0 Å². The van der Waals surface area contributed by atoms with Crippen molar-refractivity contribution in [2.75, 3.05) is 52.9 Å². The number of carbonyl (C=O) groups excluding carboxylic acids is 5. The number of esters is 5. The van der Waals surface area contributed by atoms with Gasteiger partial charge in [0.2, 0.25) is 0 Å². The average molecular weight is 1630 g/mol. The summed E-state index contributed by atoms with van der Waals surface area (Å²) in [6.45, 7) is 13.3. The molecule has 0 amide bonds. The number of hydrogen-bond acceptors (Lipinski definition) is 21.